The number of carbonyl (C=O) groups excluding carboxylic acids is 2. The monoisotopic (exact) mass is 683 g/mol. The summed E-state index contributed by atoms with van der Waals surface area (Å²) in [6, 6.07) is 24.0. The number of rotatable bonds is 13. The molecule has 1 N–H and O–H groups in total. The van der Waals surface area contributed by atoms with Gasteiger partial charge in [-0.3, -0.25) is 13.9 Å². The van der Waals surface area contributed by atoms with Gasteiger partial charge in [0.1, 0.15) is 18.4 Å². The van der Waals surface area contributed by atoms with Crippen LogP contribution in [0.3, 0.4) is 0 Å². The van der Waals surface area contributed by atoms with Crippen molar-refractivity contribution in [2.45, 2.75) is 57.1 Å². The van der Waals surface area contributed by atoms with Gasteiger partial charge in [0.2, 0.25) is 11.8 Å². The van der Waals surface area contributed by atoms with Crippen molar-refractivity contribution in [3.63, 3.8) is 0 Å². The third-order valence-electron chi connectivity index (χ3n) is 7.61. The van der Waals surface area contributed by atoms with E-state index in [1.165, 1.54) is 29.2 Å². The lowest BCUT2D eigenvalue weighted by Gasteiger charge is -2.34. The van der Waals surface area contributed by atoms with Gasteiger partial charge < -0.3 is 10.2 Å². The molecule has 0 saturated carbocycles. The first kappa shape index (κ1) is 34.9. The van der Waals surface area contributed by atoms with Gasteiger partial charge in [-0.2, -0.15) is 0 Å². The molecule has 0 spiro atoms. The molecule has 4 aromatic rings. The quantitative estimate of drug-likeness (QED) is 0.162. The van der Waals surface area contributed by atoms with Crippen LogP contribution in [0.5, 0.6) is 0 Å². The maximum atomic E-state index is 14.5. The average Bonchev–Trinajstić information content (AvgIpc) is 3.04. The molecule has 0 aliphatic carbocycles. The van der Waals surface area contributed by atoms with Gasteiger partial charge >= 0.3 is 0 Å². The van der Waals surface area contributed by atoms with Crippen molar-refractivity contribution < 1.29 is 22.4 Å². The molecule has 0 heterocycles. The van der Waals surface area contributed by atoms with Gasteiger partial charge in [-0.15, -0.1) is 0 Å². The van der Waals surface area contributed by atoms with E-state index in [1.807, 2.05) is 51.1 Å². The highest BCUT2D eigenvalue weighted by atomic mass is 35.5. The van der Waals surface area contributed by atoms with Crippen LogP contribution in [-0.4, -0.2) is 43.8 Å². The van der Waals surface area contributed by atoms with Crippen molar-refractivity contribution in [3.8, 4) is 0 Å². The van der Waals surface area contributed by atoms with Gasteiger partial charge in [-0.05, 0) is 79.9 Å². The number of sulfonamides is 1. The second-order valence-corrected chi connectivity index (χ2v) is 13.8. The minimum Gasteiger partial charge on any atom is -0.352 e. The van der Waals surface area contributed by atoms with E-state index in [2.05, 4.69) is 5.32 Å². The molecule has 0 fully saturated rings. The van der Waals surface area contributed by atoms with Crippen LogP contribution in [0, 0.1) is 12.7 Å². The Hall–Kier alpha value is -3.92. The number of anilines is 1. The van der Waals surface area contributed by atoms with E-state index in [4.69, 9.17) is 23.2 Å². The Bertz CT molecular complexity index is 1760. The van der Waals surface area contributed by atoms with Crippen LogP contribution in [-0.2, 0) is 32.6 Å². The smallest absolute Gasteiger partial charge is 0.264 e. The first-order valence-electron chi connectivity index (χ1n) is 14.8. The lowest BCUT2D eigenvalue weighted by molar-refractivity contribution is -0.140. The summed E-state index contributed by atoms with van der Waals surface area (Å²) in [4.78, 5) is 29.7. The number of hydrogen-bond donors (Lipinski definition) is 1. The standard InChI is InChI=1S/C35H36Cl2FN3O4S/c1-4-25(3)39-35(43)33(21-26-8-6-5-7-9-26)40(22-27-12-19-31(36)32(37)20-27)34(42)23-41(29-15-13-28(38)14-16-29)46(44,45)30-17-10-24(2)11-18-30/h5-20,25,33H,4,21-23H2,1-3H3,(H,39,43). The number of nitrogens with one attached hydrogen (secondary N) is 1. The zero-order valence-corrected chi connectivity index (χ0v) is 28.1. The fraction of sp³-hybridized carbons (Fsp3) is 0.257. The Morgan fingerprint density at radius 3 is 2.13 bits per heavy atom. The van der Waals surface area contributed by atoms with Gasteiger partial charge in [0.05, 0.1) is 20.6 Å². The molecule has 242 valence electrons. The zero-order valence-electron chi connectivity index (χ0n) is 25.8. The highest BCUT2D eigenvalue weighted by Crippen LogP contribution is 2.27. The fourth-order valence-electron chi connectivity index (χ4n) is 4.80. The maximum Gasteiger partial charge on any atom is 0.264 e. The van der Waals surface area contributed by atoms with Crippen molar-refractivity contribution >= 4 is 50.7 Å². The molecule has 0 bridgehead atoms. The first-order valence-corrected chi connectivity index (χ1v) is 17.0. The van der Waals surface area contributed by atoms with Crippen LogP contribution < -0.4 is 9.62 Å². The van der Waals surface area contributed by atoms with Crippen molar-refractivity contribution in [1.29, 1.82) is 0 Å². The highest BCUT2D eigenvalue weighted by molar-refractivity contribution is 7.92. The largest absolute Gasteiger partial charge is 0.352 e. The maximum absolute atomic E-state index is 14.5. The number of aryl methyl sites for hydroxylation is 1. The molecule has 11 heteroatoms. The van der Waals surface area contributed by atoms with E-state index in [9.17, 15) is 22.4 Å². The molecule has 2 amide bonds. The second kappa shape index (κ2) is 15.6. The van der Waals surface area contributed by atoms with Crippen LogP contribution in [0.4, 0.5) is 10.1 Å². The molecule has 0 aliphatic rings. The predicted molar refractivity (Wildman–Crippen MR) is 181 cm³/mol. The summed E-state index contributed by atoms with van der Waals surface area (Å²) in [5.41, 5.74) is 2.34. The summed E-state index contributed by atoms with van der Waals surface area (Å²) in [5.74, 6) is -1.60. The number of benzene rings is 4. The molecule has 2 unspecified atom stereocenters. The van der Waals surface area contributed by atoms with Crippen LogP contribution >= 0.6 is 23.2 Å². The van der Waals surface area contributed by atoms with E-state index in [0.29, 0.717) is 17.0 Å². The lowest BCUT2D eigenvalue weighted by atomic mass is 10.0. The third kappa shape index (κ3) is 8.87. The minimum absolute atomic E-state index is 0.0402. The molecule has 7 nitrogen and oxygen atoms in total. The van der Waals surface area contributed by atoms with Crippen LogP contribution in [0.25, 0.3) is 0 Å². The topological polar surface area (TPSA) is 86.8 Å². The molecule has 4 aromatic carbocycles. The first-order chi connectivity index (χ1) is 21.9. The Balaban J connectivity index is 1.82. The number of carbonyl (C=O) groups is 2. The molecule has 0 aliphatic heterocycles. The molecule has 46 heavy (non-hydrogen) atoms. The molecule has 2 atom stereocenters. The average molecular weight is 685 g/mol. The summed E-state index contributed by atoms with van der Waals surface area (Å²) in [5, 5.41) is 3.58. The Morgan fingerprint density at radius 1 is 0.870 bits per heavy atom. The number of amides is 2. The Kier molecular flexibility index (Phi) is 11.8. The van der Waals surface area contributed by atoms with Crippen molar-refractivity contribution in [2.75, 3.05) is 10.8 Å². The van der Waals surface area contributed by atoms with E-state index in [-0.39, 0.29) is 40.5 Å². The van der Waals surface area contributed by atoms with Gasteiger partial charge in [0.25, 0.3) is 10.0 Å². The summed E-state index contributed by atoms with van der Waals surface area (Å²) < 4.78 is 43.0. The van der Waals surface area contributed by atoms with Crippen LogP contribution in [0.15, 0.2) is 102 Å². The molecule has 0 aromatic heterocycles. The van der Waals surface area contributed by atoms with Crippen molar-refractivity contribution in [3.05, 3.63) is 130 Å². The Morgan fingerprint density at radius 2 is 1.52 bits per heavy atom. The second-order valence-electron chi connectivity index (χ2n) is 11.1. The zero-order chi connectivity index (χ0) is 33.4. The summed E-state index contributed by atoms with van der Waals surface area (Å²) in [7, 11) is -4.30. The molecular weight excluding hydrogens is 648 g/mol. The van der Waals surface area contributed by atoms with E-state index >= 15 is 0 Å². The van der Waals surface area contributed by atoms with E-state index in [0.717, 1.165) is 27.6 Å². The van der Waals surface area contributed by atoms with Crippen molar-refractivity contribution in [2.24, 2.45) is 0 Å². The van der Waals surface area contributed by atoms with Crippen molar-refractivity contribution in [1.82, 2.24) is 10.2 Å². The molecular formula is C35H36Cl2FN3O4S. The van der Waals surface area contributed by atoms with Gasteiger partial charge in [0.15, 0.2) is 0 Å². The number of hydrogen-bond acceptors (Lipinski definition) is 4. The molecule has 0 radical (unpaired) electrons. The van der Waals surface area contributed by atoms with E-state index in [1.54, 1.807) is 30.3 Å². The SMILES string of the molecule is CCC(C)NC(=O)C(Cc1ccccc1)N(Cc1ccc(Cl)c(Cl)c1)C(=O)CN(c1ccc(F)cc1)S(=O)(=O)c1ccc(C)cc1. The highest BCUT2D eigenvalue weighted by Gasteiger charge is 2.35. The van der Waals surface area contributed by atoms with Gasteiger partial charge in [-0.1, -0.05) is 84.2 Å². The van der Waals surface area contributed by atoms with Crippen LogP contribution in [0.1, 0.15) is 37.0 Å². The lowest BCUT2D eigenvalue weighted by Crippen LogP contribution is -2.54. The van der Waals surface area contributed by atoms with Crippen LogP contribution in [0.2, 0.25) is 10.0 Å². The number of nitrogens with zero attached hydrogens (tertiary/aromatic N) is 2. The minimum atomic E-state index is -4.30. The fourth-order valence-corrected chi connectivity index (χ4v) is 6.54. The Labute approximate surface area is 280 Å². The van der Waals surface area contributed by atoms with E-state index < -0.39 is 34.3 Å². The normalized spacial score (nSPS) is 12.7. The predicted octanol–water partition coefficient (Wildman–Crippen LogP) is 7.19. The number of halogens is 3. The van der Waals surface area contributed by atoms with Gasteiger partial charge in [0, 0.05) is 19.0 Å². The summed E-state index contributed by atoms with van der Waals surface area (Å²) in [6.07, 6.45) is 0.828. The molecule has 0 saturated heterocycles. The van der Waals surface area contributed by atoms with Gasteiger partial charge in [-0.25, -0.2) is 12.8 Å². The summed E-state index contributed by atoms with van der Waals surface area (Å²) in [6.45, 7) is 4.91. The summed E-state index contributed by atoms with van der Waals surface area (Å²) >= 11 is 12.5. The third-order valence-corrected chi connectivity index (χ3v) is 10.1. The molecule has 4 rings (SSSR count).